The molecule has 0 aliphatic carbocycles. The molecule has 0 amide bonds. The Hall–Kier alpha value is -2.17. The molecule has 2 rings (SSSR count). The van der Waals surface area contributed by atoms with Crippen LogP contribution in [0.25, 0.3) is 0 Å². The smallest absolute Gasteiger partial charge is 0.135 e. The second-order valence-electron chi connectivity index (χ2n) is 4.93. The third-order valence-corrected chi connectivity index (χ3v) is 2.99. The lowest BCUT2D eigenvalue weighted by atomic mass is 10.2. The largest absolute Gasteiger partial charge is 0.373 e. The molecule has 2 aromatic rings. The number of aromatic nitrogens is 3. The number of nitrogens with one attached hydrogen (secondary N) is 2. The molecule has 0 aliphatic heterocycles. The van der Waals surface area contributed by atoms with E-state index < -0.39 is 0 Å². The molecule has 0 bridgehead atoms. The monoisotopic (exact) mass is 271 g/mol. The zero-order valence-corrected chi connectivity index (χ0v) is 12.2. The molecule has 5 nitrogen and oxygen atoms in total. The Bertz CT molecular complexity index is 539. The fourth-order valence-corrected chi connectivity index (χ4v) is 1.83. The molecular formula is C15H21N5. The summed E-state index contributed by atoms with van der Waals surface area (Å²) in [6.45, 7) is 5.02. The Kier molecular flexibility index (Phi) is 4.87. The first-order valence-electron chi connectivity index (χ1n) is 6.88. The van der Waals surface area contributed by atoms with Crippen LogP contribution in [0.15, 0.2) is 30.6 Å². The first-order valence-corrected chi connectivity index (χ1v) is 6.88. The Morgan fingerprint density at radius 2 is 1.80 bits per heavy atom. The maximum absolute atomic E-state index is 4.54. The first kappa shape index (κ1) is 14.2. The number of hydrogen-bond acceptors (Lipinski definition) is 5. The van der Waals surface area contributed by atoms with Crippen LogP contribution in [0.3, 0.4) is 0 Å². The molecule has 0 aromatic carbocycles. The highest BCUT2D eigenvalue weighted by molar-refractivity contribution is 5.47. The molecule has 106 valence electrons. The molecule has 2 aromatic heterocycles. The van der Waals surface area contributed by atoms with Crippen LogP contribution in [0, 0.1) is 0 Å². The van der Waals surface area contributed by atoms with Gasteiger partial charge in [-0.15, -0.1) is 0 Å². The summed E-state index contributed by atoms with van der Waals surface area (Å²) < 4.78 is 0. The van der Waals surface area contributed by atoms with Crippen molar-refractivity contribution in [2.45, 2.75) is 26.2 Å². The van der Waals surface area contributed by atoms with Crippen LogP contribution in [0.2, 0.25) is 0 Å². The van der Waals surface area contributed by atoms with Crippen molar-refractivity contribution in [3.63, 3.8) is 0 Å². The number of pyridine rings is 1. The van der Waals surface area contributed by atoms with Crippen molar-refractivity contribution in [2.24, 2.45) is 0 Å². The lowest BCUT2D eigenvalue weighted by molar-refractivity contribution is 0.775. The highest BCUT2D eigenvalue weighted by Crippen LogP contribution is 2.16. The summed E-state index contributed by atoms with van der Waals surface area (Å²) in [7, 11) is 1.87. The van der Waals surface area contributed by atoms with Gasteiger partial charge in [-0.3, -0.25) is 4.98 Å². The summed E-state index contributed by atoms with van der Waals surface area (Å²) in [6.07, 6.45) is 4.57. The fraction of sp³-hybridized carbons (Fsp3) is 0.400. The normalized spacial score (nSPS) is 10.6. The average Bonchev–Trinajstić information content (AvgIpc) is 2.48. The van der Waals surface area contributed by atoms with E-state index in [4.69, 9.17) is 0 Å². The van der Waals surface area contributed by atoms with Crippen molar-refractivity contribution in [3.05, 3.63) is 42.0 Å². The van der Waals surface area contributed by atoms with Crippen molar-refractivity contribution < 1.29 is 0 Å². The van der Waals surface area contributed by atoms with E-state index in [1.807, 2.05) is 37.6 Å². The van der Waals surface area contributed by atoms with Crippen molar-refractivity contribution in [1.29, 1.82) is 0 Å². The zero-order valence-electron chi connectivity index (χ0n) is 12.2. The lowest BCUT2D eigenvalue weighted by Crippen LogP contribution is -2.10. The van der Waals surface area contributed by atoms with Gasteiger partial charge in [-0.2, -0.15) is 0 Å². The van der Waals surface area contributed by atoms with Crippen LogP contribution < -0.4 is 10.6 Å². The highest BCUT2D eigenvalue weighted by atomic mass is 15.1. The Morgan fingerprint density at radius 1 is 1.10 bits per heavy atom. The number of hydrogen-bond donors (Lipinski definition) is 2. The van der Waals surface area contributed by atoms with Gasteiger partial charge >= 0.3 is 0 Å². The van der Waals surface area contributed by atoms with Gasteiger partial charge in [-0.05, 0) is 24.1 Å². The molecule has 0 spiro atoms. The zero-order chi connectivity index (χ0) is 14.4. The molecule has 2 heterocycles. The van der Waals surface area contributed by atoms with Crippen LogP contribution in [-0.4, -0.2) is 28.5 Å². The fourth-order valence-electron chi connectivity index (χ4n) is 1.83. The molecule has 20 heavy (non-hydrogen) atoms. The van der Waals surface area contributed by atoms with Crippen LogP contribution in [0.5, 0.6) is 0 Å². The molecule has 0 atom stereocenters. The summed E-state index contributed by atoms with van der Waals surface area (Å²) in [5.41, 5.74) is 1.26. The Morgan fingerprint density at radius 3 is 2.45 bits per heavy atom. The van der Waals surface area contributed by atoms with Gasteiger partial charge < -0.3 is 10.6 Å². The predicted molar refractivity (Wildman–Crippen MR) is 82.1 cm³/mol. The van der Waals surface area contributed by atoms with Crippen LogP contribution >= 0.6 is 0 Å². The van der Waals surface area contributed by atoms with E-state index in [1.54, 1.807) is 0 Å². The average molecular weight is 271 g/mol. The molecular weight excluding hydrogens is 250 g/mol. The molecule has 0 saturated carbocycles. The topological polar surface area (TPSA) is 62.7 Å². The predicted octanol–water partition coefficient (Wildman–Crippen LogP) is 2.69. The van der Waals surface area contributed by atoms with Gasteiger partial charge in [-0.1, -0.05) is 13.8 Å². The third-order valence-electron chi connectivity index (χ3n) is 2.99. The standard InChI is InChI=1S/C15H21N5/c1-11(2)15-19-13(16-3)10-14(20-15)18-9-6-12-4-7-17-8-5-12/h4-5,7-8,10-11H,6,9H2,1-3H3,(H2,16,18,19,20). The van der Waals surface area contributed by atoms with E-state index in [-0.39, 0.29) is 0 Å². The van der Waals surface area contributed by atoms with Gasteiger partial charge in [0.1, 0.15) is 17.5 Å². The van der Waals surface area contributed by atoms with Gasteiger partial charge in [-0.25, -0.2) is 9.97 Å². The van der Waals surface area contributed by atoms with Crippen molar-refractivity contribution in [1.82, 2.24) is 15.0 Å². The van der Waals surface area contributed by atoms with Gasteiger partial charge in [0.15, 0.2) is 0 Å². The van der Waals surface area contributed by atoms with Gasteiger partial charge in [0.05, 0.1) is 0 Å². The van der Waals surface area contributed by atoms with Crippen molar-refractivity contribution >= 4 is 11.6 Å². The van der Waals surface area contributed by atoms with Crippen LogP contribution in [-0.2, 0) is 6.42 Å². The summed E-state index contributed by atoms with van der Waals surface area (Å²) >= 11 is 0. The van der Waals surface area contributed by atoms with E-state index in [1.165, 1.54) is 5.56 Å². The minimum absolute atomic E-state index is 0.309. The van der Waals surface area contributed by atoms with E-state index in [0.717, 1.165) is 30.4 Å². The quantitative estimate of drug-likeness (QED) is 0.845. The summed E-state index contributed by atoms with van der Waals surface area (Å²) in [6, 6.07) is 5.99. The lowest BCUT2D eigenvalue weighted by Gasteiger charge is -2.11. The van der Waals surface area contributed by atoms with E-state index >= 15 is 0 Å². The van der Waals surface area contributed by atoms with Crippen molar-refractivity contribution in [2.75, 3.05) is 24.2 Å². The van der Waals surface area contributed by atoms with Gasteiger partial charge in [0.25, 0.3) is 0 Å². The maximum Gasteiger partial charge on any atom is 0.135 e. The maximum atomic E-state index is 4.54. The van der Waals surface area contributed by atoms with E-state index in [2.05, 4.69) is 39.4 Å². The summed E-state index contributed by atoms with van der Waals surface area (Å²) in [5, 5.41) is 6.42. The number of anilines is 2. The molecule has 0 aliphatic rings. The minimum Gasteiger partial charge on any atom is -0.373 e. The van der Waals surface area contributed by atoms with E-state index in [0.29, 0.717) is 5.92 Å². The van der Waals surface area contributed by atoms with E-state index in [9.17, 15) is 0 Å². The Balaban J connectivity index is 2.00. The van der Waals surface area contributed by atoms with Gasteiger partial charge in [0.2, 0.25) is 0 Å². The summed E-state index contributed by atoms with van der Waals surface area (Å²) in [5.74, 6) is 2.87. The SMILES string of the molecule is CNc1cc(NCCc2ccncc2)nc(C(C)C)n1. The second-order valence-corrected chi connectivity index (χ2v) is 4.93. The molecule has 0 fully saturated rings. The Labute approximate surface area is 119 Å². The third kappa shape index (κ3) is 3.91. The van der Waals surface area contributed by atoms with Crippen LogP contribution in [0.4, 0.5) is 11.6 Å². The van der Waals surface area contributed by atoms with Crippen molar-refractivity contribution in [3.8, 4) is 0 Å². The summed E-state index contributed by atoms with van der Waals surface area (Å²) in [4.78, 5) is 13.0. The molecule has 5 heteroatoms. The first-order chi connectivity index (χ1) is 9.69. The number of rotatable bonds is 6. The highest BCUT2D eigenvalue weighted by Gasteiger charge is 2.07. The molecule has 0 radical (unpaired) electrons. The molecule has 2 N–H and O–H groups in total. The molecule has 0 unspecified atom stereocenters. The minimum atomic E-state index is 0.309. The van der Waals surface area contributed by atoms with Crippen LogP contribution in [0.1, 0.15) is 31.2 Å². The number of nitrogens with zero attached hydrogens (tertiary/aromatic N) is 3. The molecule has 0 saturated heterocycles. The van der Waals surface area contributed by atoms with Gasteiger partial charge in [0, 0.05) is 38.0 Å². The second kappa shape index (κ2) is 6.84.